The van der Waals surface area contributed by atoms with E-state index < -0.39 is 0 Å². The van der Waals surface area contributed by atoms with Crippen molar-refractivity contribution in [2.75, 3.05) is 46.1 Å². The van der Waals surface area contributed by atoms with Gasteiger partial charge in [-0.3, -0.25) is 4.99 Å². The van der Waals surface area contributed by atoms with Gasteiger partial charge < -0.3 is 25.3 Å². The molecule has 0 bridgehead atoms. The van der Waals surface area contributed by atoms with E-state index in [-0.39, 0.29) is 24.0 Å². The molecule has 1 fully saturated rings. The summed E-state index contributed by atoms with van der Waals surface area (Å²) in [4.78, 5) is 4.24. The second-order valence-electron chi connectivity index (χ2n) is 4.81. The number of nitrogens with one attached hydrogen (secondary N) is 1. The molecule has 1 aliphatic heterocycles. The molecule has 0 aliphatic carbocycles. The smallest absolute Gasteiger partial charge is 0.188 e. The summed E-state index contributed by atoms with van der Waals surface area (Å²) in [5.41, 5.74) is 5.74. The van der Waals surface area contributed by atoms with Gasteiger partial charge in [0.1, 0.15) is 0 Å². The molecule has 0 aromatic rings. The second kappa shape index (κ2) is 14.8. The third-order valence-electron chi connectivity index (χ3n) is 3.03. The zero-order chi connectivity index (χ0) is 14.5. The number of nitrogens with two attached hydrogens (primary N) is 1. The molecule has 1 atom stereocenters. The molecule has 3 N–H and O–H groups in total. The monoisotopic (exact) mass is 415 g/mol. The van der Waals surface area contributed by atoms with Gasteiger partial charge in [-0.05, 0) is 32.6 Å². The highest BCUT2D eigenvalue weighted by atomic mass is 127. The van der Waals surface area contributed by atoms with Gasteiger partial charge in [-0.1, -0.05) is 0 Å². The van der Waals surface area contributed by atoms with Crippen LogP contribution < -0.4 is 11.1 Å². The van der Waals surface area contributed by atoms with Crippen molar-refractivity contribution in [3.63, 3.8) is 0 Å². The third kappa shape index (κ3) is 12.1. The minimum atomic E-state index is 0. The number of rotatable bonds is 11. The van der Waals surface area contributed by atoms with Gasteiger partial charge in [-0.2, -0.15) is 0 Å². The predicted octanol–water partition coefficient (Wildman–Crippen LogP) is 1.52. The van der Waals surface area contributed by atoms with E-state index >= 15 is 0 Å². The van der Waals surface area contributed by atoms with Gasteiger partial charge in [-0.25, -0.2) is 0 Å². The molecule has 0 radical (unpaired) electrons. The SMILES string of the molecule is CCOCCCNC(N)=NCCCOCC1CCCO1.I. The lowest BCUT2D eigenvalue weighted by atomic mass is 10.2. The standard InChI is InChI=1S/C14H29N3O3.HI/c1-2-18-9-4-7-16-14(15)17-8-5-10-19-12-13-6-3-11-20-13;/h13H,2-12H2,1H3,(H3,15,16,17);1H. The summed E-state index contributed by atoms with van der Waals surface area (Å²) in [6.07, 6.45) is 4.40. The molecule has 21 heavy (non-hydrogen) atoms. The molecule has 0 aromatic carbocycles. The number of nitrogens with zero attached hydrogens (tertiary/aromatic N) is 1. The van der Waals surface area contributed by atoms with E-state index in [0.717, 1.165) is 52.0 Å². The molecule has 0 amide bonds. The fraction of sp³-hybridized carbons (Fsp3) is 0.929. The van der Waals surface area contributed by atoms with Crippen LogP contribution in [0.1, 0.15) is 32.6 Å². The van der Waals surface area contributed by atoms with E-state index in [4.69, 9.17) is 19.9 Å². The van der Waals surface area contributed by atoms with Crippen molar-refractivity contribution in [3.05, 3.63) is 0 Å². The number of guanidine groups is 1. The molecule has 0 aromatic heterocycles. The maximum absolute atomic E-state index is 5.74. The number of hydrogen-bond donors (Lipinski definition) is 2. The third-order valence-corrected chi connectivity index (χ3v) is 3.03. The zero-order valence-corrected chi connectivity index (χ0v) is 15.3. The van der Waals surface area contributed by atoms with Crippen LogP contribution >= 0.6 is 24.0 Å². The van der Waals surface area contributed by atoms with Crippen LogP contribution in [0.4, 0.5) is 0 Å². The first-order valence-corrected chi connectivity index (χ1v) is 7.63. The molecule has 1 aliphatic rings. The maximum atomic E-state index is 5.74. The first-order valence-electron chi connectivity index (χ1n) is 7.63. The average molecular weight is 415 g/mol. The van der Waals surface area contributed by atoms with E-state index in [1.165, 1.54) is 0 Å². The molecule has 1 rings (SSSR count). The van der Waals surface area contributed by atoms with Crippen LogP contribution in [0, 0.1) is 0 Å². The Balaban J connectivity index is 0.00000400. The molecule has 1 heterocycles. The first-order chi connectivity index (χ1) is 9.83. The van der Waals surface area contributed by atoms with Crippen LogP contribution in [0.15, 0.2) is 4.99 Å². The largest absolute Gasteiger partial charge is 0.382 e. The maximum Gasteiger partial charge on any atom is 0.188 e. The minimum Gasteiger partial charge on any atom is -0.382 e. The average Bonchev–Trinajstić information content (AvgIpc) is 2.95. The molecule has 0 saturated carbocycles. The molecule has 7 heteroatoms. The van der Waals surface area contributed by atoms with Crippen molar-refractivity contribution in [2.24, 2.45) is 10.7 Å². The van der Waals surface area contributed by atoms with Crippen LogP contribution in [0.2, 0.25) is 0 Å². The van der Waals surface area contributed by atoms with E-state index in [0.29, 0.717) is 31.8 Å². The Hall–Kier alpha value is -0.120. The lowest BCUT2D eigenvalue weighted by Gasteiger charge is -2.09. The van der Waals surface area contributed by atoms with E-state index in [1.807, 2.05) is 6.92 Å². The summed E-state index contributed by atoms with van der Waals surface area (Å²) in [5.74, 6) is 0.501. The zero-order valence-electron chi connectivity index (χ0n) is 13.0. The van der Waals surface area contributed by atoms with Crippen molar-refractivity contribution in [3.8, 4) is 0 Å². The van der Waals surface area contributed by atoms with Crippen molar-refractivity contribution < 1.29 is 14.2 Å². The molecular formula is C14H30IN3O3. The highest BCUT2D eigenvalue weighted by Crippen LogP contribution is 2.11. The highest BCUT2D eigenvalue weighted by molar-refractivity contribution is 14.0. The minimum absolute atomic E-state index is 0. The van der Waals surface area contributed by atoms with Gasteiger partial charge in [0.05, 0.1) is 12.7 Å². The quantitative estimate of drug-likeness (QED) is 0.232. The number of halogens is 1. The van der Waals surface area contributed by atoms with Gasteiger partial charge in [0.25, 0.3) is 0 Å². The number of ether oxygens (including phenoxy) is 3. The van der Waals surface area contributed by atoms with Gasteiger partial charge >= 0.3 is 0 Å². The van der Waals surface area contributed by atoms with E-state index in [1.54, 1.807) is 0 Å². The van der Waals surface area contributed by atoms with Gasteiger partial charge in [-0.15, -0.1) is 24.0 Å². The molecule has 126 valence electrons. The Morgan fingerprint density at radius 2 is 2.14 bits per heavy atom. The van der Waals surface area contributed by atoms with Gasteiger partial charge in [0.15, 0.2) is 5.96 Å². The predicted molar refractivity (Wildman–Crippen MR) is 95.4 cm³/mol. The summed E-state index contributed by atoms with van der Waals surface area (Å²) in [5, 5.41) is 3.06. The second-order valence-corrected chi connectivity index (χ2v) is 4.81. The van der Waals surface area contributed by atoms with Crippen LogP contribution in [0.25, 0.3) is 0 Å². The Bertz CT molecular complexity index is 262. The van der Waals surface area contributed by atoms with Gasteiger partial charge in [0.2, 0.25) is 0 Å². The van der Waals surface area contributed by atoms with E-state index in [2.05, 4.69) is 10.3 Å². The Morgan fingerprint density at radius 3 is 2.86 bits per heavy atom. The van der Waals surface area contributed by atoms with Gasteiger partial charge in [0, 0.05) is 39.5 Å². The Morgan fingerprint density at radius 1 is 1.33 bits per heavy atom. The number of hydrogen-bond acceptors (Lipinski definition) is 4. The lowest BCUT2D eigenvalue weighted by Crippen LogP contribution is -2.33. The van der Waals surface area contributed by atoms with Crippen LogP contribution in [0.5, 0.6) is 0 Å². The summed E-state index contributed by atoms with van der Waals surface area (Å²) in [7, 11) is 0. The molecule has 1 saturated heterocycles. The lowest BCUT2D eigenvalue weighted by molar-refractivity contribution is 0.0171. The van der Waals surface area contributed by atoms with Crippen molar-refractivity contribution in [1.29, 1.82) is 0 Å². The fourth-order valence-corrected chi connectivity index (χ4v) is 1.95. The Labute approximate surface area is 145 Å². The van der Waals surface area contributed by atoms with E-state index in [9.17, 15) is 0 Å². The number of aliphatic imine (C=N–C) groups is 1. The van der Waals surface area contributed by atoms with Crippen molar-refractivity contribution >= 4 is 29.9 Å². The Kier molecular flexibility index (Phi) is 14.7. The molecular weight excluding hydrogens is 385 g/mol. The van der Waals surface area contributed by atoms with Crippen LogP contribution in [0.3, 0.4) is 0 Å². The summed E-state index contributed by atoms with van der Waals surface area (Å²) in [6.45, 7) is 7.29. The summed E-state index contributed by atoms with van der Waals surface area (Å²) >= 11 is 0. The molecule has 1 unspecified atom stereocenters. The van der Waals surface area contributed by atoms with Crippen molar-refractivity contribution in [2.45, 2.75) is 38.7 Å². The van der Waals surface area contributed by atoms with Crippen LogP contribution in [-0.2, 0) is 14.2 Å². The fourth-order valence-electron chi connectivity index (χ4n) is 1.95. The molecule has 0 spiro atoms. The summed E-state index contributed by atoms with van der Waals surface area (Å²) in [6, 6.07) is 0. The molecule has 6 nitrogen and oxygen atoms in total. The topological polar surface area (TPSA) is 78.1 Å². The van der Waals surface area contributed by atoms with Crippen molar-refractivity contribution in [1.82, 2.24) is 5.32 Å². The normalized spacial score (nSPS) is 18.5. The highest BCUT2D eigenvalue weighted by Gasteiger charge is 2.14. The summed E-state index contributed by atoms with van der Waals surface area (Å²) < 4.78 is 16.3. The van der Waals surface area contributed by atoms with Crippen LogP contribution in [-0.4, -0.2) is 58.2 Å². The first kappa shape index (κ1) is 20.9.